The van der Waals surface area contributed by atoms with Gasteiger partial charge in [-0.15, -0.1) is 0 Å². The van der Waals surface area contributed by atoms with Crippen LogP contribution in [0.4, 0.5) is 5.69 Å². The average molecular weight is 205 g/mol. The molecule has 0 amide bonds. The van der Waals surface area contributed by atoms with Crippen LogP contribution in [0.25, 0.3) is 0 Å². The Bertz CT molecular complexity index is 318. The smallest absolute Gasteiger partial charge is 0.0434 e. The molecule has 0 saturated carbocycles. The topological polar surface area (TPSA) is 23.5 Å². The van der Waals surface area contributed by atoms with Gasteiger partial charge in [-0.05, 0) is 36.5 Å². The Kier molecular flexibility index (Phi) is 3.27. The Labute approximate surface area is 91.5 Å². The van der Waals surface area contributed by atoms with E-state index >= 15 is 0 Å². The van der Waals surface area contributed by atoms with Crippen LogP contribution in [0.3, 0.4) is 0 Å². The fourth-order valence-corrected chi connectivity index (χ4v) is 2.10. The molecule has 0 bridgehead atoms. The number of hydrogen-bond acceptors (Lipinski definition) is 2. The van der Waals surface area contributed by atoms with Gasteiger partial charge in [0.2, 0.25) is 0 Å². The van der Waals surface area contributed by atoms with Crippen LogP contribution in [0.5, 0.6) is 0 Å². The van der Waals surface area contributed by atoms with Gasteiger partial charge >= 0.3 is 0 Å². The predicted octanol–water partition coefficient (Wildman–Crippen LogP) is 2.07. The van der Waals surface area contributed by atoms with Crippen molar-refractivity contribution >= 4 is 5.69 Å². The van der Waals surface area contributed by atoms with Crippen LogP contribution in [0.1, 0.15) is 18.9 Å². The van der Waals surface area contributed by atoms with E-state index in [1.54, 1.807) is 0 Å². The number of rotatable bonds is 4. The number of anilines is 1. The molecule has 2 rings (SSSR count). The molecule has 0 unspecified atom stereocenters. The van der Waals surface area contributed by atoms with Crippen molar-refractivity contribution < 1.29 is 5.11 Å². The van der Waals surface area contributed by atoms with Crippen molar-refractivity contribution in [3.8, 4) is 0 Å². The Morgan fingerprint density at radius 1 is 1.40 bits per heavy atom. The summed E-state index contributed by atoms with van der Waals surface area (Å²) in [5, 5.41) is 8.79. The van der Waals surface area contributed by atoms with Crippen molar-refractivity contribution in [2.45, 2.75) is 19.8 Å². The van der Waals surface area contributed by atoms with Crippen molar-refractivity contribution in [3.63, 3.8) is 0 Å². The number of hydrogen-bond donors (Lipinski definition) is 1. The first kappa shape index (κ1) is 10.5. The molecule has 82 valence electrons. The molecule has 0 aliphatic carbocycles. The number of aliphatic hydroxyl groups is 1. The molecule has 1 aliphatic heterocycles. The number of benzene rings is 1. The van der Waals surface area contributed by atoms with E-state index in [9.17, 15) is 0 Å². The second-order valence-corrected chi connectivity index (χ2v) is 4.51. The van der Waals surface area contributed by atoms with Gasteiger partial charge in [0.1, 0.15) is 0 Å². The molecule has 2 heteroatoms. The molecule has 1 fully saturated rings. The van der Waals surface area contributed by atoms with Gasteiger partial charge in [-0.2, -0.15) is 0 Å². The van der Waals surface area contributed by atoms with Gasteiger partial charge in [0.05, 0.1) is 0 Å². The van der Waals surface area contributed by atoms with Gasteiger partial charge in [0.15, 0.2) is 0 Å². The molecule has 1 aliphatic rings. The Morgan fingerprint density at radius 3 is 2.87 bits per heavy atom. The monoisotopic (exact) mass is 205 g/mol. The molecule has 0 atom stereocenters. The molecule has 0 radical (unpaired) electrons. The first-order valence-corrected chi connectivity index (χ1v) is 5.74. The van der Waals surface area contributed by atoms with Crippen LogP contribution in [0, 0.1) is 5.92 Å². The summed E-state index contributed by atoms with van der Waals surface area (Å²) in [6, 6.07) is 8.68. The van der Waals surface area contributed by atoms with Gasteiger partial charge < -0.3 is 10.0 Å². The maximum atomic E-state index is 8.79. The van der Waals surface area contributed by atoms with Gasteiger partial charge in [-0.1, -0.05) is 19.1 Å². The summed E-state index contributed by atoms with van der Waals surface area (Å²) < 4.78 is 0. The van der Waals surface area contributed by atoms with Crippen LogP contribution in [0.2, 0.25) is 0 Å². The highest BCUT2D eigenvalue weighted by Gasteiger charge is 2.22. The van der Waals surface area contributed by atoms with Crippen molar-refractivity contribution in [2.24, 2.45) is 5.92 Å². The second-order valence-electron chi connectivity index (χ2n) is 4.51. The molecule has 2 nitrogen and oxygen atoms in total. The summed E-state index contributed by atoms with van der Waals surface area (Å²) in [6.45, 7) is 4.93. The fourth-order valence-electron chi connectivity index (χ4n) is 2.10. The van der Waals surface area contributed by atoms with E-state index in [2.05, 4.69) is 36.1 Å². The molecule has 1 N–H and O–H groups in total. The summed E-state index contributed by atoms with van der Waals surface area (Å²) >= 11 is 0. The van der Waals surface area contributed by atoms with Crippen LogP contribution < -0.4 is 4.90 Å². The lowest BCUT2D eigenvalue weighted by Crippen LogP contribution is -2.45. The molecule has 15 heavy (non-hydrogen) atoms. The van der Waals surface area contributed by atoms with Crippen molar-refractivity contribution in [1.82, 2.24) is 0 Å². The summed E-state index contributed by atoms with van der Waals surface area (Å²) in [5.74, 6) is 0.839. The largest absolute Gasteiger partial charge is 0.396 e. The third-order valence-electron chi connectivity index (χ3n) is 2.96. The zero-order chi connectivity index (χ0) is 10.7. The number of aliphatic hydroxyl groups excluding tert-OH is 1. The average Bonchev–Trinajstić information content (AvgIpc) is 2.22. The van der Waals surface area contributed by atoms with Crippen LogP contribution in [-0.2, 0) is 6.42 Å². The maximum Gasteiger partial charge on any atom is 0.0434 e. The summed E-state index contributed by atoms with van der Waals surface area (Å²) in [7, 11) is 0. The highest BCUT2D eigenvalue weighted by molar-refractivity contribution is 5.50. The van der Waals surface area contributed by atoms with Gasteiger partial charge in [-0.3, -0.25) is 0 Å². The van der Waals surface area contributed by atoms with Gasteiger partial charge in [0, 0.05) is 25.4 Å². The van der Waals surface area contributed by atoms with Crippen molar-refractivity contribution in [2.75, 3.05) is 24.6 Å². The summed E-state index contributed by atoms with van der Waals surface area (Å²) in [6.07, 6.45) is 1.84. The molecule has 1 saturated heterocycles. The normalized spacial score (nSPS) is 16.5. The van der Waals surface area contributed by atoms with Crippen molar-refractivity contribution in [1.29, 1.82) is 0 Å². The van der Waals surface area contributed by atoms with Crippen molar-refractivity contribution in [3.05, 3.63) is 29.8 Å². The van der Waals surface area contributed by atoms with Gasteiger partial charge in [-0.25, -0.2) is 0 Å². The lowest BCUT2D eigenvalue weighted by Gasteiger charge is -2.39. The minimum atomic E-state index is 0.283. The van der Waals surface area contributed by atoms with E-state index in [0.29, 0.717) is 0 Å². The highest BCUT2D eigenvalue weighted by Crippen LogP contribution is 2.25. The molecular weight excluding hydrogens is 186 g/mol. The number of nitrogens with zero attached hydrogens (tertiary/aromatic N) is 1. The molecular formula is C13H19NO. The van der Waals surface area contributed by atoms with E-state index < -0.39 is 0 Å². The minimum absolute atomic E-state index is 0.283. The molecule has 0 spiro atoms. The maximum absolute atomic E-state index is 8.79. The fraction of sp³-hybridized carbons (Fsp3) is 0.538. The van der Waals surface area contributed by atoms with E-state index in [1.807, 2.05) is 0 Å². The van der Waals surface area contributed by atoms with Crippen LogP contribution in [0.15, 0.2) is 24.3 Å². The quantitative estimate of drug-likeness (QED) is 0.813. The first-order valence-electron chi connectivity index (χ1n) is 5.74. The molecule has 1 heterocycles. The highest BCUT2D eigenvalue weighted by atomic mass is 16.2. The molecule has 1 aromatic carbocycles. The van der Waals surface area contributed by atoms with Crippen LogP contribution in [-0.4, -0.2) is 24.8 Å². The third kappa shape index (κ3) is 2.51. The summed E-state index contributed by atoms with van der Waals surface area (Å²) in [5.41, 5.74) is 2.67. The lowest BCUT2D eigenvalue weighted by atomic mass is 10.0. The first-order chi connectivity index (χ1) is 7.29. The predicted molar refractivity (Wildman–Crippen MR) is 63.2 cm³/mol. The zero-order valence-corrected chi connectivity index (χ0v) is 9.32. The summed E-state index contributed by atoms with van der Waals surface area (Å²) in [4.78, 5) is 2.41. The number of aryl methyl sites for hydroxylation is 1. The molecule has 0 aromatic heterocycles. The molecule has 1 aromatic rings. The van der Waals surface area contributed by atoms with Gasteiger partial charge in [0.25, 0.3) is 0 Å². The van der Waals surface area contributed by atoms with E-state index in [1.165, 1.54) is 24.3 Å². The Hall–Kier alpha value is -1.02. The van der Waals surface area contributed by atoms with E-state index in [4.69, 9.17) is 5.11 Å². The Morgan fingerprint density at radius 2 is 2.20 bits per heavy atom. The minimum Gasteiger partial charge on any atom is -0.396 e. The zero-order valence-electron chi connectivity index (χ0n) is 9.32. The Balaban J connectivity index is 1.99. The van der Waals surface area contributed by atoms with E-state index in [-0.39, 0.29) is 6.61 Å². The third-order valence-corrected chi connectivity index (χ3v) is 2.96. The van der Waals surface area contributed by atoms with Crippen LogP contribution >= 0.6 is 0 Å². The standard InChI is InChI=1S/C13H19NO/c1-11-9-14(10-11)13-6-2-4-12(8-13)5-3-7-15/h2,4,6,8,11,15H,3,5,7,9-10H2,1H3. The SMILES string of the molecule is CC1CN(c2cccc(CCCO)c2)C1. The lowest BCUT2D eigenvalue weighted by molar-refractivity contribution is 0.288. The van der Waals surface area contributed by atoms with E-state index in [0.717, 1.165) is 18.8 Å². The second kappa shape index (κ2) is 4.67.